The summed E-state index contributed by atoms with van der Waals surface area (Å²) >= 11 is 0. The summed E-state index contributed by atoms with van der Waals surface area (Å²) in [5.74, 6) is 0.620. The minimum absolute atomic E-state index is 0.568. The Bertz CT molecular complexity index is 838. The van der Waals surface area contributed by atoms with Crippen molar-refractivity contribution in [1.29, 1.82) is 0 Å². The van der Waals surface area contributed by atoms with Gasteiger partial charge in [-0.2, -0.15) is 0 Å². The molecule has 0 amide bonds. The molecule has 0 bridgehead atoms. The number of nitrogens with zero attached hydrogens (tertiary/aromatic N) is 3. The molecule has 128 valence electrons. The lowest BCUT2D eigenvalue weighted by Crippen LogP contribution is -2.36. The van der Waals surface area contributed by atoms with E-state index in [-0.39, 0.29) is 0 Å². The number of likely N-dealkylation sites (tertiary alicyclic amines) is 1. The molecule has 0 saturated carbocycles. The highest BCUT2D eigenvalue weighted by atomic mass is 15.1. The molecule has 0 aliphatic carbocycles. The van der Waals surface area contributed by atoms with Crippen LogP contribution in [0.5, 0.6) is 0 Å². The van der Waals surface area contributed by atoms with E-state index in [4.69, 9.17) is 0 Å². The first kappa shape index (κ1) is 15.8. The zero-order valence-electron chi connectivity index (χ0n) is 14.4. The number of benzene rings is 2. The molecule has 0 atom stereocenters. The van der Waals surface area contributed by atoms with Crippen LogP contribution in [-0.2, 0) is 0 Å². The fourth-order valence-electron chi connectivity index (χ4n) is 3.20. The molecule has 4 rings (SSSR count). The van der Waals surface area contributed by atoms with Crippen molar-refractivity contribution < 1.29 is 0 Å². The van der Waals surface area contributed by atoms with E-state index in [9.17, 15) is 0 Å². The van der Waals surface area contributed by atoms with Gasteiger partial charge in [0.1, 0.15) is 0 Å². The number of piperidine rings is 1. The van der Waals surface area contributed by atoms with Gasteiger partial charge in [-0.3, -0.25) is 0 Å². The summed E-state index contributed by atoms with van der Waals surface area (Å²) < 4.78 is 0. The minimum Gasteiger partial charge on any atom is -0.382 e. The van der Waals surface area contributed by atoms with E-state index < -0.39 is 0 Å². The Hall–Kier alpha value is -2.66. The summed E-state index contributed by atoms with van der Waals surface area (Å²) in [7, 11) is 2.19. The SMILES string of the molecule is CN1CCC(Nc2ccc(Nc3ncc4ccccc4n3)cc2)CC1. The molecular weight excluding hydrogens is 310 g/mol. The Kier molecular flexibility index (Phi) is 4.48. The van der Waals surface area contributed by atoms with E-state index in [1.165, 1.54) is 18.5 Å². The summed E-state index contributed by atoms with van der Waals surface area (Å²) in [6.07, 6.45) is 4.24. The number of fused-ring (bicyclic) bond motifs is 1. The summed E-state index contributed by atoms with van der Waals surface area (Å²) in [4.78, 5) is 11.3. The first-order chi connectivity index (χ1) is 12.3. The highest BCUT2D eigenvalue weighted by molar-refractivity contribution is 5.78. The molecule has 2 N–H and O–H groups in total. The first-order valence-corrected chi connectivity index (χ1v) is 8.80. The molecule has 0 spiro atoms. The van der Waals surface area contributed by atoms with Crippen LogP contribution < -0.4 is 10.6 Å². The van der Waals surface area contributed by atoms with E-state index in [1.54, 1.807) is 0 Å². The van der Waals surface area contributed by atoms with Crippen molar-refractivity contribution in [3.63, 3.8) is 0 Å². The van der Waals surface area contributed by atoms with Gasteiger partial charge in [0.05, 0.1) is 5.52 Å². The zero-order chi connectivity index (χ0) is 17.1. The Balaban J connectivity index is 1.41. The van der Waals surface area contributed by atoms with Crippen molar-refractivity contribution in [3.8, 4) is 0 Å². The predicted molar refractivity (Wildman–Crippen MR) is 103 cm³/mol. The van der Waals surface area contributed by atoms with Gasteiger partial charge < -0.3 is 15.5 Å². The molecule has 1 aliphatic rings. The first-order valence-electron chi connectivity index (χ1n) is 8.80. The number of anilines is 3. The number of hydrogen-bond acceptors (Lipinski definition) is 5. The smallest absolute Gasteiger partial charge is 0.227 e. The highest BCUT2D eigenvalue weighted by Crippen LogP contribution is 2.20. The summed E-state index contributed by atoms with van der Waals surface area (Å²) in [6, 6.07) is 16.9. The van der Waals surface area contributed by atoms with Gasteiger partial charge >= 0.3 is 0 Å². The Morgan fingerprint density at radius 1 is 0.960 bits per heavy atom. The maximum atomic E-state index is 4.55. The fraction of sp³-hybridized carbons (Fsp3) is 0.300. The van der Waals surface area contributed by atoms with Crippen LogP contribution in [0.3, 0.4) is 0 Å². The molecule has 1 aromatic heterocycles. The molecule has 0 unspecified atom stereocenters. The van der Waals surface area contributed by atoms with Crippen molar-refractivity contribution in [2.75, 3.05) is 30.8 Å². The van der Waals surface area contributed by atoms with Crippen LogP contribution >= 0.6 is 0 Å². The molecule has 3 aromatic rings. The van der Waals surface area contributed by atoms with E-state index >= 15 is 0 Å². The molecule has 5 heteroatoms. The van der Waals surface area contributed by atoms with Gasteiger partial charge in [-0.15, -0.1) is 0 Å². The lowest BCUT2D eigenvalue weighted by atomic mass is 10.1. The second-order valence-electron chi connectivity index (χ2n) is 6.68. The van der Waals surface area contributed by atoms with Crippen LogP contribution in [0.4, 0.5) is 17.3 Å². The molecule has 2 heterocycles. The molecule has 1 aliphatic heterocycles. The molecular formula is C20H23N5. The van der Waals surface area contributed by atoms with Crippen molar-refractivity contribution in [3.05, 3.63) is 54.7 Å². The summed E-state index contributed by atoms with van der Waals surface area (Å²) in [5.41, 5.74) is 3.10. The summed E-state index contributed by atoms with van der Waals surface area (Å²) in [6.45, 7) is 2.33. The van der Waals surface area contributed by atoms with Gasteiger partial charge in [0.15, 0.2) is 0 Å². The summed E-state index contributed by atoms with van der Waals surface area (Å²) in [5, 5.41) is 7.95. The average Bonchev–Trinajstić information content (AvgIpc) is 2.65. The van der Waals surface area contributed by atoms with Gasteiger partial charge in [-0.05, 0) is 63.3 Å². The largest absolute Gasteiger partial charge is 0.382 e. The lowest BCUT2D eigenvalue weighted by molar-refractivity contribution is 0.264. The predicted octanol–water partition coefficient (Wildman–Crippen LogP) is 3.88. The van der Waals surface area contributed by atoms with Gasteiger partial charge in [-0.1, -0.05) is 18.2 Å². The van der Waals surface area contributed by atoms with E-state index in [2.05, 4.69) is 56.8 Å². The Morgan fingerprint density at radius 3 is 2.48 bits per heavy atom. The lowest BCUT2D eigenvalue weighted by Gasteiger charge is -2.30. The average molecular weight is 333 g/mol. The standard InChI is InChI=1S/C20H23N5/c1-25-12-10-18(11-13-25)22-16-6-8-17(9-7-16)23-20-21-14-15-4-2-3-5-19(15)24-20/h2-9,14,18,22H,10-13H2,1H3,(H,21,23,24). The Labute approximate surface area is 148 Å². The third kappa shape index (κ3) is 3.88. The minimum atomic E-state index is 0.568. The van der Waals surface area contributed by atoms with Crippen molar-refractivity contribution in [2.24, 2.45) is 0 Å². The van der Waals surface area contributed by atoms with Gasteiger partial charge in [0, 0.05) is 29.0 Å². The van der Waals surface area contributed by atoms with E-state index in [0.717, 1.165) is 29.7 Å². The van der Waals surface area contributed by atoms with Crippen LogP contribution in [0.2, 0.25) is 0 Å². The van der Waals surface area contributed by atoms with E-state index in [1.807, 2.05) is 30.5 Å². The second kappa shape index (κ2) is 7.07. The van der Waals surface area contributed by atoms with Crippen molar-refractivity contribution in [1.82, 2.24) is 14.9 Å². The zero-order valence-corrected chi connectivity index (χ0v) is 14.4. The quantitative estimate of drug-likeness (QED) is 0.759. The second-order valence-corrected chi connectivity index (χ2v) is 6.68. The van der Waals surface area contributed by atoms with E-state index in [0.29, 0.717) is 12.0 Å². The van der Waals surface area contributed by atoms with Crippen molar-refractivity contribution >= 4 is 28.2 Å². The monoisotopic (exact) mass is 333 g/mol. The van der Waals surface area contributed by atoms with Crippen LogP contribution in [0.1, 0.15) is 12.8 Å². The topological polar surface area (TPSA) is 53.1 Å². The molecule has 5 nitrogen and oxygen atoms in total. The molecule has 2 aromatic carbocycles. The third-order valence-electron chi connectivity index (χ3n) is 4.72. The molecule has 1 fully saturated rings. The molecule has 1 saturated heterocycles. The Morgan fingerprint density at radius 2 is 1.68 bits per heavy atom. The molecule has 25 heavy (non-hydrogen) atoms. The van der Waals surface area contributed by atoms with Crippen LogP contribution in [0.15, 0.2) is 54.7 Å². The highest BCUT2D eigenvalue weighted by Gasteiger charge is 2.16. The van der Waals surface area contributed by atoms with Crippen LogP contribution in [0, 0.1) is 0 Å². The van der Waals surface area contributed by atoms with Crippen molar-refractivity contribution in [2.45, 2.75) is 18.9 Å². The van der Waals surface area contributed by atoms with Gasteiger partial charge in [-0.25, -0.2) is 9.97 Å². The third-order valence-corrected chi connectivity index (χ3v) is 4.72. The number of aromatic nitrogens is 2. The maximum Gasteiger partial charge on any atom is 0.227 e. The molecule has 0 radical (unpaired) electrons. The van der Waals surface area contributed by atoms with Gasteiger partial charge in [0.2, 0.25) is 5.95 Å². The van der Waals surface area contributed by atoms with Gasteiger partial charge in [0.25, 0.3) is 0 Å². The maximum absolute atomic E-state index is 4.55. The number of hydrogen-bond donors (Lipinski definition) is 2. The van der Waals surface area contributed by atoms with Crippen LogP contribution in [0.25, 0.3) is 10.9 Å². The fourth-order valence-corrected chi connectivity index (χ4v) is 3.20. The number of nitrogens with one attached hydrogen (secondary N) is 2. The van der Waals surface area contributed by atoms with Crippen LogP contribution in [-0.4, -0.2) is 41.0 Å². The number of rotatable bonds is 4. The normalized spacial score (nSPS) is 16.0. The number of para-hydroxylation sites is 1.